The van der Waals surface area contributed by atoms with Crippen LogP contribution in [-0.2, 0) is 6.42 Å². The largest absolute Gasteiger partial charge is 0.339 e. The fourth-order valence-electron chi connectivity index (χ4n) is 2.42. The van der Waals surface area contributed by atoms with Crippen LogP contribution < -0.4 is 0 Å². The predicted octanol–water partition coefficient (Wildman–Crippen LogP) is 3.53. The second kappa shape index (κ2) is 5.67. The molecule has 0 spiro atoms. The van der Waals surface area contributed by atoms with Gasteiger partial charge in [0.2, 0.25) is 5.89 Å². The van der Waals surface area contributed by atoms with E-state index in [1.807, 2.05) is 0 Å². The fourth-order valence-corrected chi connectivity index (χ4v) is 2.56. The molecule has 4 heteroatoms. The molecule has 0 amide bonds. The molecular formula is C12H19ClN2O. The van der Waals surface area contributed by atoms with Crippen molar-refractivity contribution in [3.05, 3.63) is 11.7 Å². The van der Waals surface area contributed by atoms with Crippen molar-refractivity contribution >= 4 is 11.6 Å². The molecule has 1 heterocycles. The van der Waals surface area contributed by atoms with Gasteiger partial charge in [0.1, 0.15) is 0 Å². The second-order valence-electron chi connectivity index (χ2n) is 4.81. The van der Waals surface area contributed by atoms with E-state index >= 15 is 0 Å². The Morgan fingerprint density at radius 2 is 2.31 bits per heavy atom. The topological polar surface area (TPSA) is 38.9 Å². The molecule has 2 rings (SSSR count). The van der Waals surface area contributed by atoms with Crippen LogP contribution in [-0.4, -0.2) is 16.0 Å². The number of alkyl halides is 1. The van der Waals surface area contributed by atoms with E-state index in [0.717, 1.165) is 30.5 Å². The molecule has 0 aromatic carbocycles. The van der Waals surface area contributed by atoms with E-state index < -0.39 is 0 Å². The van der Waals surface area contributed by atoms with Gasteiger partial charge < -0.3 is 4.52 Å². The Hall–Kier alpha value is -0.570. The minimum atomic E-state index is 0.511. The standard InChI is InChI=1S/C12H19ClN2O/c1-9-4-2-5-10(8-9)12-14-11(16-15-12)6-3-7-13/h9-10H,2-8H2,1H3. The number of nitrogens with zero attached hydrogens (tertiary/aromatic N) is 2. The summed E-state index contributed by atoms with van der Waals surface area (Å²) in [5.74, 6) is 3.61. The molecule has 1 aromatic rings. The molecule has 1 aliphatic rings. The quantitative estimate of drug-likeness (QED) is 0.759. The number of aryl methyl sites for hydroxylation is 1. The zero-order valence-electron chi connectivity index (χ0n) is 9.79. The van der Waals surface area contributed by atoms with E-state index in [-0.39, 0.29) is 0 Å². The smallest absolute Gasteiger partial charge is 0.226 e. The SMILES string of the molecule is CC1CCCC(c2noc(CCCCl)n2)C1. The minimum Gasteiger partial charge on any atom is -0.339 e. The van der Waals surface area contributed by atoms with Crippen LogP contribution in [0.1, 0.15) is 56.7 Å². The summed E-state index contributed by atoms with van der Waals surface area (Å²) in [6, 6.07) is 0. The molecule has 1 fully saturated rings. The van der Waals surface area contributed by atoms with E-state index in [1.54, 1.807) is 0 Å². The molecule has 1 aliphatic carbocycles. The van der Waals surface area contributed by atoms with Crippen LogP contribution in [0, 0.1) is 5.92 Å². The highest BCUT2D eigenvalue weighted by atomic mass is 35.5. The molecule has 3 nitrogen and oxygen atoms in total. The molecule has 16 heavy (non-hydrogen) atoms. The average Bonchev–Trinajstić information content (AvgIpc) is 2.75. The summed E-state index contributed by atoms with van der Waals surface area (Å²) >= 11 is 5.64. The van der Waals surface area contributed by atoms with E-state index in [0.29, 0.717) is 11.8 Å². The van der Waals surface area contributed by atoms with Crippen LogP contribution in [0.25, 0.3) is 0 Å². The summed E-state index contributed by atoms with van der Waals surface area (Å²) in [5, 5.41) is 4.10. The van der Waals surface area contributed by atoms with Crippen molar-refractivity contribution in [3.8, 4) is 0 Å². The van der Waals surface area contributed by atoms with Crippen LogP contribution in [0.15, 0.2) is 4.52 Å². The van der Waals surface area contributed by atoms with Gasteiger partial charge in [0.25, 0.3) is 0 Å². The van der Waals surface area contributed by atoms with Gasteiger partial charge >= 0.3 is 0 Å². The maximum Gasteiger partial charge on any atom is 0.226 e. The van der Waals surface area contributed by atoms with E-state index in [4.69, 9.17) is 16.1 Å². The van der Waals surface area contributed by atoms with Crippen molar-refractivity contribution in [3.63, 3.8) is 0 Å². The molecular weight excluding hydrogens is 224 g/mol. The molecule has 90 valence electrons. The third-order valence-electron chi connectivity index (χ3n) is 3.31. The number of rotatable bonds is 4. The molecule has 0 aliphatic heterocycles. The number of halogens is 1. The van der Waals surface area contributed by atoms with Gasteiger partial charge in [0.05, 0.1) is 0 Å². The van der Waals surface area contributed by atoms with Crippen molar-refractivity contribution in [1.82, 2.24) is 10.1 Å². The Kier molecular flexibility index (Phi) is 4.22. The van der Waals surface area contributed by atoms with Crippen LogP contribution >= 0.6 is 11.6 Å². The van der Waals surface area contributed by atoms with E-state index in [2.05, 4.69) is 17.1 Å². The van der Waals surface area contributed by atoms with E-state index in [9.17, 15) is 0 Å². The maximum absolute atomic E-state index is 5.64. The van der Waals surface area contributed by atoms with Gasteiger partial charge in [-0.15, -0.1) is 11.6 Å². The first-order valence-corrected chi connectivity index (χ1v) is 6.71. The van der Waals surface area contributed by atoms with Crippen LogP contribution in [0.4, 0.5) is 0 Å². The Morgan fingerprint density at radius 3 is 3.06 bits per heavy atom. The first-order valence-electron chi connectivity index (χ1n) is 6.18. The van der Waals surface area contributed by atoms with Crippen molar-refractivity contribution in [2.45, 2.75) is 51.4 Å². The first-order chi connectivity index (χ1) is 7.79. The van der Waals surface area contributed by atoms with Crippen LogP contribution in [0.3, 0.4) is 0 Å². The lowest BCUT2D eigenvalue weighted by atomic mass is 9.82. The van der Waals surface area contributed by atoms with Gasteiger partial charge in [-0.3, -0.25) is 0 Å². The van der Waals surface area contributed by atoms with Gasteiger partial charge in [-0.05, 0) is 25.2 Å². The minimum absolute atomic E-state index is 0.511. The molecule has 0 N–H and O–H groups in total. The van der Waals surface area contributed by atoms with Gasteiger partial charge in [0, 0.05) is 18.2 Å². The Bertz CT molecular complexity index is 327. The summed E-state index contributed by atoms with van der Waals surface area (Å²) in [6.07, 6.45) is 6.75. The number of hydrogen-bond acceptors (Lipinski definition) is 3. The highest BCUT2D eigenvalue weighted by molar-refractivity contribution is 6.17. The highest BCUT2D eigenvalue weighted by Gasteiger charge is 2.24. The normalized spacial score (nSPS) is 25.9. The summed E-state index contributed by atoms with van der Waals surface area (Å²) in [6.45, 7) is 2.31. The summed E-state index contributed by atoms with van der Waals surface area (Å²) < 4.78 is 5.24. The molecule has 2 unspecified atom stereocenters. The lowest BCUT2D eigenvalue weighted by Crippen LogP contribution is -2.12. The van der Waals surface area contributed by atoms with Crippen molar-refractivity contribution < 1.29 is 4.52 Å². The molecule has 1 saturated carbocycles. The Labute approximate surface area is 102 Å². The third-order valence-corrected chi connectivity index (χ3v) is 3.58. The number of aromatic nitrogens is 2. The molecule has 0 radical (unpaired) electrons. The van der Waals surface area contributed by atoms with Gasteiger partial charge in [0.15, 0.2) is 5.82 Å². The molecule has 0 saturated heterocycles. The Morgan fingerprint density at radius 1 is 1.44 bits per heavy atom. The Balaban J connectivity index is 1.95. The molecule has 2 atom stereocenters. The zero-order valence-corrected chi connectivity index (χ0v) is 10.5. The van der Waals surface area contributed by atoms with Gasteiger partial charge in [-0.25, -0.2) is 0 Å². The van der Waals surface area contributed by atoms with Gasteiger partial charge in [-0.1, -0.05) is 24.9 Å². The highest BCUT2D eigenvalue weighted by Crippen LogP contribution is 2.34. The summed E-state index contributed by atoms with van der Waals surface area (Å²) in [7, 11) is 0. The van der Waals surface area contributed by atoms with Crippen LogP contribution in [0.2, 0.25) is 0 Å². The third kappa shape index (κ3) is 2.97. The zero-order chi connectivity index (χ0) is 11.4. The first kappa shape index (κ1) is 11.9. The van der Waals surface area contributed by atoms with Crippen LogP contribution in [0.5, 0.6) is 0 Å². The molecule has 1 aromatic heterocycles. The van der Waals surface area contributed by atoms with Gasteiger partial charge in [-0.2, -0.15) is 4.98 Å². The lowest BCUT2D eigenvalue weighted by molar-refractivity contribution is 0.319. The van der Waals surface area contributed by atoms with Crippen molar-refractivity contribution in [2.24, 2.45) is 5.92 Å². The summed E-state index contributed by atoms with van der Waals surface area (Å²) in [4.78, 5) is 4.47. The van der Waals surface area contributed by atoms with E-state index in [1.165, 1.54) is 25.7 Å². The summed E-state index contributed by atoms with van der Waals surface area (Å²) in [5.41, 5.74) is 0. The average molecular weight is 243 g/mol. The van der Waals surface area contributed by atoms with Crippen molar-refractivity contribution in [1.29, 1.82) is 0 Å². The monoisotopic (exact) mass is 242 g/mol. The predicted molar refractivity (Wildman–Crippen MR) is 63.7 cm³/mol. The fraction of sp³-hybridized carbons (Fsp3) is 0.833. The maximum atomic E-state index is 5.64. The number of hydrogen-bond donors (Lipinski definition) is 0. The lowest BCUT2D eigenvalue weighted by Gasteiger charge is -2.23. The molecule has 0 bridgehead atoms. The van der Waals surface area contributed by atoms with Crippen molar-refractivity contribution in [2.75, 3.05) is 5.88 Å². The second-order valence-corrected chi connectivity index (χ2v) is 5.19.